The average Bonchev–Trinajstić information content (AvgIpc) is 3.07. The minimum Gasteiger partial charge on any atom is -0.383 e. The highest BCUT2D eigenvalue weighted by Gasteiger charge is 2.20. The van der Waals surface area contributed by atoms with Crippen LogP contribution in [0.2, 0.25) is 0 Å². The molecule has 0 fully saturated rings. The molecule has 2 rings (SSSR count). The van der Waals surface area contributed by atoms with Crippen molar-refractivity contribution in [2.75, 3.05) is 20.3 Å². The molecule has 0 aliphatic carbocycles. The topological polar surface area (TPSA) is 93.5 Å². The van der Waals surface area contributed by atoms with E-state index >= 15 is 0 Å². The molecule has 1 aromatic heterocycles. The number of aromatic nitrogens is 1. The molecular formula is C18H23N3O4. The first-order valence-electron chi connectivity index (χ1n) is 8.04. The van der Waals surface area contributed by atoms with E-state index in [9.17, 15) is 9.59 Å². The number of carbonyl (C=O) groups is 2. The van der Waals surface area contributed by atoms with Gasteiger partial charge < -0.3 is 19.9 Å². The van der Waals surface area contributed by atoms with Crippen molar-refractivity contribution in [2.24, 2.45) is 0 Å². The Balaban J connectivity index is 2.03. The summed E-state index contributed by atoms with van der Waals surface area (Å²) in [4.78, 5) is 24.1. The van der Waals surface area contributed by atoms with Crippen LogP contribution in [0.1, 0.15) is 28.5 Å². The first-order chi connectivity index (χ1) is 11.9. The second-order valence-corrected chi connectivity index (χ2v) is 5.87. The number of ether oxygens (including phenoxy) is 1. The monoisotopic (exact) mass is 345 g/mol. The van der Waals surface area contributed by atoms with E-state index < -0.39 is 11.9 Å². The van der Waals surface area contributed by atoms with Crippen molar-refractivity contribution in [2.45, 2.75) is 26.8 Å². The molecule has 1 unspecified atom stereocenters. The van der Waals surface area contributed by atoms with Gasteiger partial charge in [0.05, 0.1) is 6.61 Å². The van der Waals surface area contributed by atoms with E-state index in [4.69, 9.17) is 9.26 Å². The summed E-state index contributed by atoms with van der Waals surface area (Å²) in [6.45, 7) is 6.34. The van der Waals surface area contributed by atoms with Gasteiger partial charge in [0.2, 0.25) is 5.91 Å². The van der Waals surface area contributed by atoms with Crippen molar-refractivity contribution in [3.8, 4) is 11.3 Å². The van der Waals surface area contributed by atoms with Crippen molar-refractivity contribution in [3.05, 3.63) is 41.1 Å². The lowest BCUT2D eigenvalue weighted by atomic mass is 10.0. The predicted octanol–water partition coefficient (Wildman–Crippen LogP) is 1.84. The number of nitrogens with zero attached hydrogens (tertiary/aromatic N) is 1. The van der Waals surface area contributed by atoms with Crippen LogP contribution >= 0.6 is 0 Å². The van der Waals surface area contributed by atoms with Gasteiger partial charge in [-0.15, -0.1) is 0 Å². The summed E-state index contributed by atoms with van der Waals surface area (Å²) >= 11 is 0. The fourth-order valence-corrected chi connectivity index (χ4v) is 2.28. The Morgan fingerprint density at radius 1 is 1.28 bits per heavy atom. The van der Waals surface area contributed by atoms with Crippen molar-refractivity contribution < 1.29 is 18.8 Å². The molecule has 2 aromatic rings. The molecule has 0 saturated heterocycles. The molecule has 2 amide bonds. The third-order valence-corrected chi connectivity index (χ3v) is 3.75. The third-order valence-electron chi connectivity index (χ3n) is 3.75. The number of methoxy groups -OCH3 is 1. The Kier molecular flexibility index (Phi) is 6.30. The van der Waals surface area contributed by atoms with Gasteiger partial charge >= 0.3 is 0 Å². The molecule has 134 valence electrons. The van der Waals surface area contributed by atoms with Crippen LogP contribution in [0.5, 0.6) is 0 Å². The van der Waals surface area contributed by atoms with Crippen LogP contribution < -0.4 is 10.6 Å². The second kappa shape index (κ2) is 8.43. The molecule has 0 radical (unpaired) electrons. The minimum atomic E-state index is -0.690. The van der Waals surface area contributed by atoms with Gasteiger partial charge in [-0.2, -0.15) is 0 Å². The van der Waals surface area contributed by atoms with Crippen LogP contribution in [0.25, 0.3) is 11.3 Å². The van der Waals surface area contributed by atoms with Gasteiger partial charge in [-0.05, 0) is 32.4 Å². The molecule has 0 aliphatic heterocycles. The number of hydrogen-bond donors (Lipinski definition) is 2. The fourth-order valence-electron chi connectivity index (χ4n) is 2.28. The van der Waals surface area contributed by atoms with E-state index in [1.165, 1.54) is 0 Å². The maximum absolute atomic E-state index is 12.2. The summed E-state index contributed by atoms with van der Waals surface area (Å²) in [7, 11) is 1.55. The Bertz CT molecular complexity index is 755. The molecule has 25 heavy (non-hydrogen) atoms. The molecule has 7 heteroatoms. The molecule has 1 heterocycles. The smallest absolute Gasteiger partial charge is 0.274 e. The lowest BCUT2D eigenvalue weighted by molar-refractivity contribution is -0.122. The van der Waals surface area contributed by atoms with Gasteiger partial charge in [-0.25, -0.2) is 0 Å². The number of aryl methyl sites for hydroxylation is 2. The largest absolute Gasteiger partial charge is 0.383 e. The number of amides is 2. The molecule has 0 spiro atoms. The van der Waals surface area contributed by atoms with Crippen LogP contribution in [-0.2, 0) is 9.53 Å². The number of benzene rings is 1. The summed E-state index contributed by atoms with van der Waals surface area (Å²) < 4.78 is 10.2. The molecule has 1 atom stereocenters. The Morgan fingerprint density at radius 3 is 2.76 bits per heavy atom. The fraction of sp³-hybridized carbons (Fsp3) is 0.389. The molecule has 0 aliphatic rings. The van der Waals surface area contributed by atoms with Gasteiger partial charge in [-0.1, -0.05) is 22.9 Å². The summed E-state index contributed by atoms with van der Waals surface area (Å²) in [5, 5.41) is 9.07. The van der Waals surface area contributed by atoms with E-state index in [0.717, 1.165) is 16.7 Å². The number of rotatable bonds is 7. The Labute approximate surface area is 146 Å². The van der Waals surface area contributed by atoms with E-state index in [0.29, 0.717) is 18.9 Å². The van der Waals surface area contributed by atoms with Gasteiger partial charge in [0, 0.05) is 25.3 Å². The van der Waals surface area contributed by atoms with Gasteiger partial charge in [-0.3, -0.25) is 9.59 Å². The lowest BCUT2D eigenvalue weighted by Gasteiger charge is -2.12. The quantitative estimate of drug-likeness (QED) is 0.747. The molecule has 2 N–H and O–H groups in total. The molecule has 1 aromatic carbocycles. The normalized spacial score (nSPS) is 11.8. The zero-order valence-corrected chi connectivity index (χ0v) is 14.9. The zero-order valence-electron chi connectivity index (χ0n) is 14.9. The van der Waals surface area contributed by atoms with Crippen LogP contribution in [0, 0.1) is 13.8 Å². The highest BCUT2D eigenvalue weighted by Crippen LogP contribution is 2.25. The van der Waals surface area contributed by atoms with E-state index in [2.05, 4.69) is 15.8 Å². The van der Waals surface area contributed by atoms with Crippen LogP contribution in [0.4, 0.5) is 0 Å². The highest BCUT2D eigenvalue weighted by atomic mass is 16.5. The van der Waals surface area contributed by atoms with Crippen molar-refractivity contribution in [1.29, 1.82) is 0 Å². The van der Waals surface area contributed by atoms with Crippen molar-refractivity contribution in [1.82, 2.24) is 15.8 Å². The summed E-state index contributed by atoms with van der Waals surface area (Å²) in [6, 6.07) is 6.85. The number of hydrogen-bond acceptors (Lipinski definition) is 5. The van der Waals surface area contributed by atoms with Gasteiger partial charge in [0.1, 0.15) is 6.04 Å². The minimum absolute atomic E-state index is 0.132. The van der Waals surface area contributed by atoms with Gasteiger partial charge in [0.25, 0.3) is 5.91 Å². The predicted molar refractivity (Wildman–Crippen MR) is 93.2 cm³/mol. The average molecular weight is 345 g/mol. The molecule has 0 bridgehead atoms. The van der Waals surface area contributed by atoms with Crippen LogP contribution in [-0.4, -0.2) is 43.3 Å². The van der Waals surface area contributed by atoms with E-state index in [-0.39, 0.29) is 11.6 Å². The maximum atomic E-state index is 12.2. The number of nitrogens with one attached hydrogen (secondary N) is 2. The molecule has 7 nitrogen and oxygen atoms in total. The number of carbonyl (C=O) groups excluding carboxylic acids is 2. The second-order valence-electron chi connectivity index (χ2n) is 5.87. The van der Waals surface area contributed by atoms with Crippen molar-refractivity contribution in [3.63, 3.8) is 0 Å². The van der Waals surface area contributed by atoms with Gasteiger partial charge in [0.15, 0.2) is 11.5 Å². The molecular weight excluding hydrogens is 322 g/mol. The zero-order chi connectivity index (χ0) is 18.4. The molecule has 0 saturated carbocycles. The lowest BCUT2D eigenvalue weighted by Crippen LogP contribution is -2.45. The SMILES string of the molecule is COCCNC(=O)C(C)NC(=O)c1cc(-c2cc(C)ccc2C)on1. The maximum Gasteiger partial charge on any atom is 0.274 e. The van der Waals surface area contributed by atoms with E-state index in [1.807, 2.05) is 32.0 Å². The standard InChI is InChI=1S/C18H23N3O4/c1-11-5-6-12(2)14(9-11)16-10-15(21-25-16)18(23)20-13(3)17(22)19-7-8-24-4/h5-6,9-10,13H,7-8H2,1-4H3,(H,19,22)(H,20,23). The Morgan fingerprint density at radius 2 is 2.04 bits per heavy atom. The first kappa shape index (κ1) is 18.7. The van der Waals surface area contributed by atoms with Crippen LogP contribution in [0.3, 0.4) is 0 Å². The Hall–Kier alpha value is -2.67. The third kappa shape index (κ3) is 4.90. The van der Waals surface area contributed by atoms with Crippen LogP contribution in [0.15, 0.2) is 28.8 Å². The first-order valence-corrected chi connectivity index (χ1v) is 8.04. The summed E-state index contributed by atoms with van der Waals surface area (Å²) in [5.41, 5.74) is 3.13. The van der Waals surface area contributed by atoms with E-state index in [1.54, 1.807) is 20.1 Å². The summed E-state index contributed by atoms with van der Waals surface area (Å²) in [5.74, 6) is -0.234. The highest BCUT2D eigenvalue weighted by molar-refractivity contribution is 5.96. The summed E-state index contributed by atoms with van der Waals surface area (Å²) in [6.07, 6.45) is 0. The van der Waals surface area contributed by atoms with Crippen molar-refractivity contribution >= 4 is 11.8 Å².